The summed E-state index contributed by atoms with van der Waals surface area (Å²) in [7, 11) is 0. The predicted molar refractivity (Wildman–Crippen MR) is 109 cm³/mol. The van der Waals surface area contributed by atoms with Crippen molar-refractivity contribution in [1.29, 1.82) is 0 Å². The number of para-hydroxylation sites is 1. The van der Waals surface area contributed by atoms with Crippen molar-refractivity contribution in [3.05, 3.63) is 41.7 Å². The van der Waals surface area contributed by atoms with E-state index in [2.05, 4.69) is 20.6 Å². The fraction of sp³-hybridized carbons (Fsp3) is 0.400. The van der Waals surface area contributed by atoms with Gasteiger partial charge in [-0.05, 0) is 38.8 Å². The number of rotatable bonds is 6. The van der Waals surface area contributed by atoms with Crippen molar-refractivity contribution in [3.63, 3.8) is 0 Å². The number of piperidine rings is 1. The number of likely N-dealkylation sites (tertiary alicyclic amines) is 1. The fourth-order valence-corrected chi connectivity index (χ4v) is 3.25. The van der Waals surface area contributed by atoms with Crippen LogP contribution in [0.5, 0.6) is 0 Å². The van der Waals surface area contributed by atoms with Crippen LogP contribution >= 0.6 is 0 Å². The first-order valence-electron chi connectivity index (χ1n) is 9.59. The van der Waals surface area contributed by atoms with E-state index >= 15 is 0 Å². The molecule has 9 heteroatoms. The largest absolute Gasteiger partial charge is 0.478 e. The summed E-state index contributed by atoms with van der Waals surface area (Å²) in [5.41, 5.74) is 0.636. The Morgan fingerprint density at radius 3 is 2.59 bits per heavy atom. The van der Waals surface area contributed by atoms with E-state index in [-0.39, 0.29) is 17.7 Å². The van der Waals surface area contributed by atoms with E-state index in [0.29, 0.717) is 42.8 Å². The quantitative estimate of drug-likeness (QED) is 0.678. The van der Waals surface area contributed by atoms with Crippen molar-refractivity contribution < 1.29 is 19.4 Å². The number of ether oxygens (including phenoxy) is 1. The summed E-state index contributed by atoms with van der Waals surface area (Å²) in [4.78, 5) is 33.7. The van der Waals surface area contributed by atoms with Gasteiger partial charge in [0.2, 0.25) is 0 Å². The molecule has 9 nitrogen and oxygen atoms in total. The second-order valence-corrected chi connectivity index (χ2v) is 6.77. The molecular formula is C20H25N5O4. The van der Waals surface area contributed by atoms with E-state index in [1.165, 1.54) is 6.07 Å². The van der Waals surface area contributed by atoms with Gasteiger partial charge in [-0.1, -0.05) is 12.1 Å². The number of nitrogens with one attached hydrogen (secondary N) is 2. The SMILES string of the molecule is CCOC(=O)N1CCC(Nc2cc(Nc3ccccc3C(=O)O)nc(C)n2)CC1. The molecule has 3 N–H and O–H groups in total. The zero-order valence-electron chi connectivity index (χ0n) is 16.5. The van der Waals surface area contributed by atoms with Crippen LogP contribution in [0.2, 0.25) is 0 Å². The van der Waals surface area contributed by atoms with Gasteiger partial charge in [0.25, 0.3) is 0 Å². The summed E-state index contributed by atoms with van der Waals surface area (Å²) in [5, 5.41) is 15.8. The molecule has 1 amide bonds. The number of anilines is 3. The van der Waals surface area contributed by atoms with Crippen LogP contribution in [-0.2, 0) is 4.74 Å². The molecule has 0 spiro atoms. The van der Waals surface area contributed by atoms with Gasteiger partial charge in [-0.2, -0.15) is 0 Å². The normalized spacial score (nSPS) is 14.3. The molecule has 1 aromatic heterocycles. The van der Waals surface area contributed by atoms with Gasteiger partial charge < -0.3 is 25.4 Å². The number of benzene rings is 1. The summed E-state index contributed by atoms with van der Waals surface area (Å²) >= 11 is 0. The maximum absolute atomic E-state index is 11.8. The number of nitrogens with zero attached hydrogens (tertiary/aromatic N) is 3. The number of hydrogen-bond donors (Lipinski definition) is 3. The highest BCUT2D eigenvalue weighted by Crippen LogP contribution is 2.23. The standard InChI is InChI=1S/C20H25N5O4/c1-3-29-20(28)25-10-8-14(9-11-25)23-17-12-18(22-13(2)21-17)24-16-7-5-4-6-15(16)19(26)27/h4-7,12,14H,3,8-11H2,1-2H3,(H,26,27)(H2,21,22,23,24). The second kappa shape index (κ2) is 9.22. The van der Waals surface area contributed by atoms with E-state index in [0.717, 1.165) is 12.8 Å². The molecule has 1 aliphatic heterocycles. The molecule has 0 aliphatic carbocycles. The molecule has 0 radical (unpaired) electrons. The molecule has 2 aromatic rings. The first-order chi connectivity index (χ1) is 14.0. The molecule has 3 rings (SSSR count). The minimum atomic E-state index is -1.01. The Hall–Kier alpha value is -3.36. The summed E-state index contributed by atoms with van der Waals surface area (Å²) in [6.07, 6.45) is 1.30. The first-order valence-corrected chi connectivity index (χ1v) is 9.59. The van der Waals surface area contributed by atoms with Crippen LogP contribution in [0.15, 0.2) is 30.3 Å². The van der Waals surface area contributed by atoms with Crippen molar-refractivity contribution in [3.8, 4) is 0 Å². The zero-order valence-corrected chi connectivity index (χ0v) is 16.5. The third-order valence-electron chi connectivity index (χ3n) is 4.63. The second-order valence-electron chi connectivity index (χ2n) is 6.77. The Morgan fingerprint density at radius 2 is 1.90 bits per heavy atom. The van der Waals surface area contributed by atoms with Gasteiger partial charge >= 0.3 is 12.1 Å². The molecule has 0 saturated carbocycles. The van der Waals surface area contributed by atoms with Crippen LogP contribution < -0.4 is 10.6 Å². The average molecular weight is 399 g/mol. The molecule has 1 aliphatic rings. The number of carboxylic acids is 1. The number of hydrogen-bond acceptors (Lipinski definition) is 7. The monoisotopic (exact) mass is 399 g/mol. The summed E-state index contributed by atoms with van der Waals surface area (Å²) in [6, 6.07) is 8.60. The molecular weight excluding hydrogens is 374 g/mol. The highest BCUT2D eigenvalue weighted by atomic mass is 16.6. The summed E-state index contributed by atoms with van der Waals surface area (Å²) in [6.45, 7) is 5.19. The average Bonchev–Trinajstić information content (AvgIpc) is 2.68. The van der Waals surface area contributed by atoms with Crippen molar-refractivity contribution in [2.45, 2.75) is 32.7 Å². The number of aromatic carboxylic acids is 1. The van der Waals surface area contributed by atoms with E-state index in [9.17, 15) is 14.7 Å². The molecule has 2 heterocycles. The van der Waals surface area contributed by atoms with Crippen LogP contribution in [-0.4, -0.2) is 57.8 Å². The van der Waals surface area contributed by atoms with Crippen molar-refractivity contribution in [2.75, 3.05) is 30.3 Å². The van der Waals surface area contributed by atoms with Crippen LogP contribution in [0.1, 0.15) is 35.9 Å². The number of aryl methyl sites for hydroxylation is 1. The van der Waals surface area contributed by atoms with Gasteiger partial charge in [-0.15, -0.1) is 0 Å². The smallest absolute Gasteiger partial charge is 0.409 e. The molecule has 154 valence electrons. The lowest BCUT2D eigenvalue weighted by Crippen LogP contribution is -2.42. The van der Waals surface area contributed by atoms with Crippen LogP contribution in [0.4, 0.5) is 22.1 Å². The van der Waals surface area contributed by atoms with Gasteiger partial charge in [0.1, 0.15) is 17.5 Å². The van der Waals surface area contributed by atoms with Gasteiger partial charge in [0.15, 0.2) is 0 Å². The number of carboxylic acid groups (broad SMARTS) is 1. The molecule has 0 bridgehead atoms. The lowest BCUT2D eigenvalue weighted by molar-refractivity contribution is 0.0697. The molecule has 0 atom stereocenters. The Kier molecular flexibility index (Phi) is 6.48. The molecule has 1 saturated heterocycles. The number of carbonyl (C=O) groups is 2. The molecule has 1 fully saturated rings. The summed E-state index contributed by atoms with van der Waals surface area (Å²) in [5.74, 6) is 0.722. The van der Waals surface area contributed by atoms with Gasteiger partial charge in [-0.25, -0.2) is 19.6 Å². The third-order valence-corrected chi connectivity index (χ3v) is 4.63. The molecule has 29 heavy (non-hydrogen) atoms. The van der Waals surface area contributed by atoms with Gasteiger partial charge in [0.05, 0.1) is 17.9 Å². The molecule has 1 aromatic carbocycles. The van der Waals surface area contributed by atoms with E-state index in [1.54, 1.807) is 43.0 Å². The highest BCUT2D eigenvalue weighted by Gasteiger charge is 2.24. The zero-order chi connectivity index (χ0) is 20.8. The van der Waals surface area contributed by atoms with E-state index in [1.807, 2.05) is 0 Å². The number of amides is 1. The predicted octanol–water partition coefficient (Wildman–Crippen LogP) is 3.26. The maximum Gasteiger partial charge on any atom is 0.409 e. The van der Waals surface area contributed by atoms with E-state index < -0.39 is 5.97 Å². The Bertz CT molecular complexity index is 881. The number of aromatic nitrogens is 2. The van der Waals surface area contributed by atoms with Crippen molar-refractivity contribution >= 4 is 29.4 Å². The Morgan fingerprint density at radius 1 is 1.21 bits per heavy atom. The summed E-state index contributed by atoms with van der Waals surface area (Å²) < 4.78 is 5.05. The van der Waals surface area contributed by atoms with Gasteiger partial charge in [0, 0.05) is 25.2 Å². The minimum Gasteiger partial charge on any atom is -0.478 e. The Labute approximate surface area is 169 Å². The maximum atomic E-state index is 11.8. The van der Waals surface area contributed by atoms with Crippen LogP contribution in [0.25, 0.3) is 0 Å². The Balaban J connectivity index is 1.66. The fourth-order valence-electron chi connectivity index (χ4n) is 3.25. The van der Waals surface area contributed by atoms with Crippen molar-refractivity contribution in [1.82, 2.24) is 14.9 Å². The lowest BCUT2D eigenvalue weighted by atomic mass is 10.1. The van der Waals surface area contributed by atoms with Crippen LogP contribution in [0, 0.1) is 6.92 Å². The van der Waals surface area contributed by atoms with Crippen molar-refractivity contribution in [2.24, 2.45) is 0 Å². The minimum absolute atomic E-state index is 0.171. The first kappa shape index (κ1) is 20.4. The number of carbonyl (C=O) groups excluding carboxylic acids is 1. The van der Waals surface area contributed by atoms with E-state index in [4.69, 9.17) is 4.74 Å². The third kappa shape index (κ3) is 5.34. The highest BCUT2D eigenvalue weighted by molar-refractivity contribution is 5.95. The molecule has 0 unspecified atom stereocenters. The topological polar surface area (TPSA) is 117 Å². The lowest BCUT2D eigenvalue weighted by Gasteiger charge is -2.31. The van der Waals surface area contributed by atoms with Crippen LogP contribution in [0.3, 0.4) is 0 Å². The van der Waals surface area contributed by atoms with Gasteiger partial charge in [-0.3, -0.25) is 0 Å².